The van der Waals surface area contributed by atoms with Crippen LogP contribution < -0.4 is 16.0 Å². The zero-order valence-corrected chi connectivity index (χ0v) is 24.2. The number of carboxylic acids is 1. The molecule has 13 nitrogen and oxygen atoms in total. The first-order valence-corrected chi connectivity index (χ1v) is 14.3. The maximum absolute atomic E-state index is 12.2. The molecule has 0 bridgehead atoms. The van der Waals surface area contributed by atoms with Crippen molar-refractivity contribution in [3.63, 3.8) is 0 Å². The summed E-state index contributed by atoms with van der Waals surface area (Å²) < 4.78 is 20.7. The summed E-state index contributed by atoms with van der Waals surface area (Å²) >= 11 is 0. The fourth-order valence-corrected chi connectivity index (χ4v) is 3.64. The highest BCUT2D eigenvalue weighted by molar-refractivity contribution is 5.84. The third-order valence-electron chi connectivity index (χ3n) is 5.81. The molecule has 0 saturated heterocycles. The Morgan fingerprint density at radius 3 is 2.05 bits per heavy atom. The summed E-state index contributed by atoms with van der Waals surface area (Å²) in [6.45, 7) is 2.04. The van der Waals surface area contributed by atoms with Gasteiger partial charge in [0, 0.05) is 25.9 Å². The van der Waals surface area contributed by atoms with Gasteiger partial charge < -0.3 is 44.8 Å². The van der Waals surface area contributed by atoms with Crippen LogP contribution in [0, 0.1) is 0 Å². The van der Waals surface area contributed by atoms with Crippen LogP contribution in [0.4, 0.5) is 0 Å². The number of aryl methyl sites for hydroxylation is 1. The normalized spacial score (nSPS) is 11.4. The van der Waals surface area contributed by atoms with Gasteiger partial charge in [-0.3, -0.25) is 14.4 Å². The highest BCUT2D eigenvalue weighted by atomic mass is 16.5. The van der Waals surface area contributed by atoms with Crippen LogP contribution in [0.3, 0.4) is 0 Å². The van der Waals surface area contributed by atoms with Gasteiger partial charge in [-0.2, -0.15) is 0 Å². The summed E-state index contributed by atoms with van der Waals surface area (Å²) in [6.07, 6.45) is 4.26. The van der Waals surface area contributed by atoms with Gasteiger partial charge in [0.05, 0.1) is 39.6 Å². The molecule has 1 aromatic rings. The molecule has 0 aliphatic carbocycles. The summed E-state index contributed by atoms with van der Waals surface area (Å²) in [5, 5.41) is 17.2. The molecule has 42 heavy (non-hydrogen) atoms. The molecule has 4 N–H and O–H groups in total. The first-order chi connectivity index (χ1) is 20.4. The van der Waals surface area contributed by atoms with Crippen molar-refractivity contribution in [1.29, 1.82) is 0 Å². The summed E-state index contributed by atoms with van der Waals surface area (Å²) in [6, 6.07) is 8.96. The molecule has 0 aliphatic heterocycles. The number of aldehydes is 1. The van der Waals surface area contributed by atoms with E-state index in [9.17, 15) is 29.1 Å². The highest BCUT2D eigenvalue weighted by Gasteiger charge is 2.20. The highest BCUT2D eigenvalue weighted by Crippen LogP contribution is 2.08. The quantitative estimate of drug-likeness (QED) is 0.0833. The molecule has 13 heteroatoms. The second-order valence-corrected chi connectivity index (χ2v) is 9.26. The van der Waals surface area contributed by atoms with Crippen LogP contribution in [0.5, 0.6) is 0 Å². The van der Waals surface area contributed by atoms with Gasteiger partial charge in [-0.25, -0.2) is 4.79 Å². The zero-order valence-electron chi connectivity index (χ0n) is 24.2. The Kier molecular flexibility index (Phi) is 22.1. The van der Waals surface area contributed by atoms with Gasteiger partial charge in [-0.05, 0) is 31.2 Å². The second kappa shape index (κ2) is 25.3. The lowest BCUT2D eigenvalue weighted by Gasteiger charge is -2.14. The number of hydrogen-bond acceptors (Lipinski definition) is 9. The van der Waals surface area contributed by atoms with Crippen LogP contribution in [-0.4, -0.2) is 107 Å². The van der Waals surface area contributed by atoms with Crippen LogP contribution in [-0.2, 0) is 49.3 Å². The predicted molar refractivity (Wildman–Crippen MR) is 153 cm³/mol. The Labute approximate surface area is 247 Å². The summed E-state index contributed by atoms with van der Waals surface area (Å²) in [4.78, 5) is 57.4. The number of carbonyl (C=O) groups is 5. The summed E-state index contributed by atoms with van der Waals surface area (Å²) in [5.74, 6) is -2.15. The maximum atomic E-state index is 12.2. The van der Waals surface area contributed by atoms with Crippen molar-refractivity contribution in [2.75, 3.05) is 65.9 Å². The SMILES string of the molecule is O=CCOCCOCCNC(=O)COCCOCCNC(=O)CC[C@H](NC(=O)CCCCCc1ccccc1)C(=O)O. The average Bonchev–Trinajstić information content (AvgIpc) is 2.98. The smallest absolute Gasteiger partial charge is 0.326 e. The van der Waals surface area contributed by atoms with E-state index in [-0.39, 0.29) is 76.6 Å². The minimum atomic E-state index is -1.18. The lowest BCUT2D eigenvalue weighted by atomic mass is 10.1. The monoisotopic (exact) mass is 595 g/mol. The van der Waals surface area contributed by atoms with E-state index in [0.29, 0.717) is 39.1 Å². The van der Waals surface area contributed by atoms with Crippen LogP contribution in [0.25, 0.3) is 0 Å². The molecule has 1 aromatic carbocycles. The van der Waals surface area contributed by atoms with Crippen molar-refractivity contribution < 1.29 is 48.0 Å². The molecule has 3 amide bonds. The van der Waals surface area contributed by atoms with Gasteiger partial charge in [0.1, 0.15) is 25.5 Å². The van der Waals surface area contributed by atoms with E-state index < -0.39 is 12.0 Å². The van der Waals surface area contributed by atoms with Crippen LogP contribution in [0.15, 0.2) is 30.3 Å². The number of carboxylic acid groups (broad SMARTS) is 1. The number of hydrogen-bond donors (Lipinski definition) is 4. The minimum Gasteiger partial charge on any atom is -0.480 e. The molecule has 236 valence electrons. The van der Waals surface area contributed by atoms with Crippen LogP contribution >= 0.6 is 0 Å². The number of nitrogens with one attached hydrogen (secondary N) is 3. The first-order valence-electron chi connectivity index (χ1n) is 14.3. The maximum Gasteiger partial charge on any atom is 0.326 e. The van der Waals surface area contributed by atoms with Crippen molar-refractivity contribution in [1.82, 2.24) is 16.0 Å². The molecule has 0 aliphatic rings. The number of unbranched alkanes of at least 4 members (excludes halogenated alkanes) is 2. The lowest BCUT2D eigenvalue weighted by molar-refractivity contribution is -0.142. The predicted octanol–water partition coefficient (Wildman–Crippen LogP) is 0.637. The Morgan fingerprint density at radius 1 is 0.738 bits per heavy atom. The molecule has 0 saturated carbocycles. The second-order valence-electron chi connectivity index (χ2n) is 9.26. The summed E-state index contributed by atoms with van der Waals surface area (Å²) in [5.41, 5.74) is 1.25. The van der Waals surface area contributed by atoms with Gasteiger partial charge in [0.2, 0.25) is 17.7 Å². The average molecular weight is 596 g/mol. The van der Waals surface area contributed by atoms with Gasteiger partial charge in [0.25, 0.3) is 0 Å². The lowest BCUT2D eigenvalue weighted by Crippen LogP contribution is -2.41. The third-order valence-corrected chi connectivity index (χ3v) is 5.81. The van der Waals surface area contributed by atoms with Crippen molar-refractivity contribution >= 4 is 30.0 Å². The molecule has 1 atom stereocenters. The van der Waals surface area contributed by atoms with E-state index in [4.69, 9.17) is 18.9 Å². The first kappa shape index (κ1) is 36.6. The molecule has 0 unspecified atom stereocenters. The van der Waals surface area contributed by atoms with Crippen LogP contribution in [0.1, 0.15) is 44.1 Å². The molecule has 1 rings (SSSR count). The van der Waals surface area contributed by atoms with E-state index in [1.807, 2.05) is 18.2 Å². The largest absolute Gasteiger partial charge is 0.480 e. The van der Waals surface area contributed by atoms with Crippen molar-refractivity contribution in [2.45, 2.75) is 51.0 Å². The van der Waals surface area contributed by atoms with Gasteiger partial charge >= 0.3 is 5.97 Å². The number of benzene rings is 1. The molecular formula is C29H45N3O10. The molecule has 0 heterocycles. The molecule has 0 aromatic heterocycles. The van der Waals surface area contributed by atoms with Crippen molar-refractivity contribution in [3.05, 3.63) is 35.9 Å². The topological polar surface area (TPSA) is 179 Å². The van der Waals surface area contributed by atoms with E-state index in [1.165, 1.54) is 5.56 Å². The molecule has 0 fully saturated rings. The van der Waals surface area contributed by atoms with E-state index in [0.717, 1.165) is 19.3 Å². The summed E-state index contributed by atoms with van der Waals surface area (Å²) in [7, 11) is 0. The third kappa shape index (κ3) is 21.4. The number of ether oxygens (including phenoxy) is 4. The van der Waals surface area contributed by atoms with E-state index in [1.54, 1.807) is 0 Å². The van der Waals surface area contributed by atoms with Crippen molar-refractivity contribution in [2.24, 2.45) is 0 Å². The Hall–Kier alpha value is -3.39. The van der Waals surface area contributed by atoms with Gasteiger partial charge in [-0.15, -0.1) is 0 Å². The number of rotatable bonds is 27. The van der Waals surface area contributed by atoms with Gasteiger partial charge in [0.15, 0.2) is 0 Å². The minimum absolute atomic E-state index is 0.0143. The standard InChI is InChI=1S/C29H45N3O10/c33-15-18-41-20-19-39-17-14-31-28(36)23-42-22-21-40-16-13-30-26(34)12-11-25(29(37)38)32-27(35)10-6-2-5-9-24-7-3-1-4-8-24/h1,3-4,7-8,15,25H,2,5-6,9-14,16-23H2,(H,30,34)(H,31,36)(H,32,35)(H,37,38)/t25-/m0/s1. The van der Waals surface area contributed by atoms with E-state index in [2.05, 4.69) is 28.1 Å². The Bertz CT molecular complexity index is 901. The van der Waals surface area contributed by atoms with Crippen molar-refractivity contribution in [3.8, 4) is 0 Å². The number of amides is 3. The number of carbonyl (C=O) groups excluding carboxylic acids is 4. The Balaban J connectivity index is 1.99. The Morgan fingerprint density at radius 2 is 1.38 bits per heavy atom. The molecular weight excluding hydrogens is 550 g/mol. The number of aliphatic carboxylic acids is 1. The fourth-order valence-electron chi connectivity index (χ4n) is 3.64. The van der Waals surface area contributed by atoms with Gasteiger partial charge in [-0.1, -0.05) is 36.8 Å². The van der Waals surface area contributed by atoms with Crippen LogP contribution in [0.2, 0.25) is 0 Å². The molecule has 0 spiro atoms. The fraction of sp³-hybridized carbons (Fsp3) is 0.621. The zero-order chi connectivity index (χ0) is 30.7. The molecule has 0 radical (unpaired) electrons. The van der Waals surface area contributed by atoms with E-state index >= 15 is 0 Å².